The van der Waals surface area contributed by atoms with E-state index in [4.69, 9.17) is 19.9 Å². The van der Waals surface area contributed by atoms with E-state index in [0.717, 1.165) is 89.2 Å². The molecule has 0 aliphatic rings. The number of benzene rings is 8. The van der Waals surface area contributed by atoms with E-state index in [1.807, 2.05) is 121 Å². The van der Waals surface area contributed by atoms with Crippen molar-refractivity contribution in [2.24, 2.45) is 0 Å². The first-order valence-corrected chi connectivity index (χ1v) is 19.9. The van der Waals surface area contributed by atoms with Crippen LogP contribution in [0.3, 0.4) is 0 Å². The average Bonchev–Trinajstić information content (AvgIpc) is 3.34. The van der Waals surface area contributed by atoms with Gasteiger partial charge in [0.1, 0.15) is 0 Å². The van der Waals surface area contributed by atoms with E-state index in [2.05, 4.69) is 97.1 Å². The lowest BCUT2D eigenvalue weighted by atomic mass is 9.87. The minimum absolute atomic E-state index is 0.628. The van der Waals surface area contributed by atoms with Crippen molar-refractivity contribution < 1.29 is 0 Å². The molecule has 0 atom stereocenters. The van der Waals surface area contributed by atoms with E-state index < -0.39 is 0 Å². The lowest BCUT2D eigenvalue weighted by Gasteiger charge is -2.17. The van der Waals surface area contributed by atoms with Gasteiger partial charge in [0, 0.05) is 38.8 Å². The SMILES string of the molecule is N#Cc1cc(-c2ccc(-c3cc(-c4ccccc4)nc(-c4ccccc4)n3)cc2)c(-c2ccc(-c3cc(-c4ccccc4)nc(-c4ccccc4)n3)cc2)c2ccccc12. The van der Waals surface area contributed by atoms with Crippen LogP contribution < -0.4 is 0 Å². The second-order valence-corrected chi connectivity index (χ2v) is 14.5. The number of rotatable bonds is 8. The predicted octanol–water partition coefficient (Wildman–Crippen LogP) is 13.6. The molecule has 60 heavy (non-hydrogen) atoms. The van der Waals surface area contributed by atoms with Gasteiger partial charge in [-0.1, -0.05) is 194 Å². The van der Waals surface area contributed by atoms with Gasteiger partial charge in [-0.2, -0.15) is 5.26 Å². The number of hydrogen-bond acceptors (Lipinski definition) is 5. The third-order valence-electron chi connectivity index (χ3n) is 10.8. The van der Waals surface area contributed by atoms with Crippen LogP contribution in [0.25, 0.3) is 101 Å². The predicted molar refractivity (Wildman–Crippen MR) is 243 cm³/mol. The van der Waals surface area contributed by atoms with Crippen LogP contribution in [0, 0.1) is 11.3 Å². The van der Waals surface area contributed by atoms with Crippen molar-refractivity contribution in [3.05, 3.63) is 218 Å². The Bertz CT molecular complexity index is 3050. The van der Waals surface area contributed by atoms with Gasteiger partial charge >= 0.3 is 0 Å². The Kier molecular flexibility index (Phi) is 9.55. The summed E-state index contributed by atoms with van der Waals surface area (Å²) in [6.07, 6.45) is 0. The number of aromatic nitrogens is 4. The van der Waals surface area contributed by atoms with Gasteiger partial charge in [0.15, 0.2) is 11.6 Å². The first kappa shape index (κ1) is 36.0. The standard InChI is InChI=1S/C55H35N5/c56-36-45-33-48(37-25-27-40(28-26-37)51-34-49(38-15-5-1-6-16-38)57-54(59-51)43-19-9-3-10-20-43)53(47-24-14-13-23-46(45)47)42-31-29-41(30-32-42)52-35-50(39-17-7-2-8-18-39)58-55(60-52)44-21-11-4-12-22-44/h1-35H. The summed E-state index contributed by atoms with van der Waals surface area (Å²) in [4.78, 5) is 20.1. The monoisotopic (exact) mass is 765 g/mol. The van der Waals surface area contributed by atoms with Crippen molar-refractivity contribution in [1.29, 1.82) is 5.26 Å². The molecule has 5 nitrogen and oxygen atoms in total. The maximum atomic E-state index is 10.4. The highest BCUT2D eigenvalue weighted by atomic mass is 14.9. The molecule has 0 aliphatic carbocycles. The van der Waals surface area contributed by atoms with E-state index in [0.29, 0.717) is 17.2 Å². The fourth-order valence-electron chi connectivity index (χ4n) is 7.77. The third kappa shape index (κ3) is 7.11. The molecule has 0 spiro atoms. The fourth-order valence-corrected chi connectivity index (χ4v) is 7.77. The van der Waals surface area contributed by atoms with Gasteiger partial charge in [-0.25, -0.2) is 19.9 Å². The van der Waals surface area contributed by atoms with Gasteiger partial charge in [0.25, 0.3) is 0 Å². The average molecular weight is 766 g/mol. The van der Waals surface area contributed by atoms with Gasteiger partial charge < -0.3 is 0 Å². The summed E-state index contributed by atoms with van der Waals surface area (Å²) in [5.74, 6) is 1.35. The number of hydrogen-bond donors (Lipinski definition) is 0. The summed E-state index contributed by atoms with van der Waals surface area (Å²) in [6, 6.07) is 74.4. The molecule has 0 N–H and O–H groups in total. The van der Waals surface area contributed by atoms with Crippen LogP contribution in [-0.4, -0.2) is 19.9 Å². The Morgan fingerprint density at radius 2 is 0.633 bits per heavy atom. The molecule has 10 rings (SSSR count). The van der Waals surface area contributed by atoms with E-state index in [-0.39, 0.29) is 0 Å². The lowest BCUT2D eigenvalue weighted by Crippen LogP contribution is -1.96. The molecular weight excluding hydrogens is 731 g/mol. The molecule has 2 heterocycles. The largest absolute Gasteiger partial charge is 0.228 e. The van der Waals surface area contributed by atoms with E-state index in [1.54, 1.807) is 0 Å². The van der Waals surface area contributed by atoms with Crippen molar-refractivity contribution in [3.8, 4) is 96.1 Å². The normalized spacial score (nSPS) is 11.0. The molecule has 280 valence electrons. The molecule has 5 heteroatoms. The molecule has 0 fully saturated rings. The second-order valence-electron chi connectivity index (χ2n) is 14.5. The summed E-state index contributed by atoms with van der Waals surface area (Å²) in [5.41, 5.74) is 14.0. The molecule has 0 bridgehead atoms. The van der Waals surface area contributed by atoms with E-state index >= 15 is 0 Å². The maximum absolute atomic E-state index is 10.4. The van der Waals surface area contributed by atoms with Crippen LogP contribution in [0.15, 0.2) is 212 Å². The lowest BCUT2D eigenvalue weighted by molar-refractivity contribution is 1.18. The summed E-state index contributed by atoms with van der Waals surface area (Å²) in [7, 11) is 0. The van der Waals surface area contributed by atoms with Crippen LogP contribution in [0.2, 0.25) is 0 Å². The Balaban J connectivity index is 1.07. The van der Waals surface area contributed by atoms with Crippen LogP contribution in [-0.2, 0) is 0 Å². The Hall–Kier alpha value is -8.33. The first-order valence-electron chi connectivity index (χ1n) is 19.9. The van der Waals surface area contributed by atoms with Gasteiger partial charge in [-0.05, 0) is 45.8 Å². The molecule has 0 saturated heterocycles. The van der Waals surface area contributed by atoms with Crippen molar-refractivity contribution in [3.63, 3.8) is 0 Å². The van der Waals surface area contributed by atoms with Crippen LogP contribution in [0.4, 0.5) is 0 Å². The van der Waals surface area contributed by atoms with E-state index in [1.165, 1.54) is 0 Å². The highest BCUT2D eigenvalue weighted by Crippen LogP contribution is 2.41. The van der Waals surface area contributed by atoms with Gasteiger partial charge in [-0.3, -0.25) is 0 Å². The van der Waals surface area contributed by atoms with Crippen LogP contribution in [0.5, 0.6) is 0 Å². The number of nitrogens with zero attached hydrogens (tertiary/aromatic N) is 5. The molecule has 0 saturated carbocycles. The summed E-state index contributed by atoms with van der Waals surface area (Å²) >= 11 is 0. The van der Waals surface area contributed by atoms with Crippen LogP contribution in [0.1, 0.15) is 5.56 Å². The topological polar surface area (TPSA) is 75.3 Å². The highest BCUT2D eigenvalue weighted by Gasteiger charge is 2.18. The summed E-state index contributed by atoms with van der Waals surface area (Å²) in [6.45, 7) is 0. The molecule has 0 amide bonds. The van der Waals surface area contributed by atoms with Gasteiger partial charge in [0.2, 0.25) is 0 Å². The minimum atomic E-state index is 0.628. The molecule has 0 unspecified atom stereocenters. The van der Waals surface area contributed by atoms with Gasteiger partial charge in [-0.15, -0.1) is 0 Å². The second kappa shape index (κ2) is 15.9. The molecule has 8 aromatic carbocycles. The Labute approximate surface area is 348 Å². The first-order chi connectivity index (χ1) is 29.7. The van der Waals surface area contributed by atoms with Crippen molar-refractivity contribution in [1.82, 2.24) is 19.9 Å². The van der Waals surface area contributed by atoms with Gasteiger partial charge in [0.05, 0.1) is 34.4 Å². The van der Waals surface area contributed by atoms with Crippen molar-refractivity contribution >= 4 is 10.8 Å². The molecule has 0 aliphatic heterocycles. The maximum Gasteiger partial charge on any atom is 0.160 e. The van der Waals surface area contributed by atoms with Crippen molar-refractivity contribution in [2.45, 2.75) is 0 Å². The summed E-state index contributed by atoms with van der Waals surface area (Å²) < 4.78 is 0. The number of fused-ring (bicyclic) bond motifs is 1. The smallest absolute Gasteiger partial charge is 0.160 e. The van der Waals surface area contributed by atoms with Crippen molar-refractivity contribution in [2.75, 3.05) is 0 Å². The van der Waals surface area contributed by atoms with Crippen LogP contribution >= 0.6 is 0 Å². The molecular formula is C55H35N5. The zero-order valence-corrected chi connectivity index (χ0v) is 32.4. The zero-order chi connectivity index (χ0) is 40.3. The molecule has 0 radical (unpaired) electrons. The Morgan fingerprint density at radius 3 is 1.05 bits per heavy atom. The fraction of sp³-hybridized carbons (Fsp3) is 0. The third-order valence-corrected chi connectivity index (χ3v) is 10.8. The Morgan fingerprint density at radius 1 is 0.300 bits per heavy atom. The zero-order valence-electron chi connectivity index (χ0n) is 32.4. The molecule has 10 aromatic rings. The molecule has 2 aromatic heterocycles. The minimum Gasteiger partial charge on any atom is -0.228 e. The quantitative estimate of drug-likeness (QED) is 0.154. The number of nitriles is 1. The van der Waals surface area contributed by atoms with E-state index in [9.17, 15) is 5.26 Å². The summed E-state index contributed by atoms with van der Waals surface area (Å²) in [5, 5.41) is 12.3. The highest BCUT2D eigenvalue weighted by molar-refractivity contribution is 6.07.